The van der Waals surface area contributed by atoms with Gasteiger partial charge in [0.1, 0.15) is 0 Å². The molecular weight excluding hydrogens is 170 g/mol. The van der Waals surface area contributed by atoms with Crippen LogP contribution < -0.4 is 5.32 Å². The topological polar surface area (TPSA) is 12.0 Å². The van der Waals surface area contributed by atoms with Crippen molar-refractivity contribution >= 4 is 5.69 Å². The van der Waals surface area contributed by atoms with E-state index in [0.29, 0.717) is 0 Å². The maximum absolute atomic E-state index is 3.68. The number of rotatable bonds is 1. The first-order valence-electron chi connectivity index (χ1n) is 5.78. The molecule has 0 saturated heterocycles. The summed E-state index contributed by atoms with van der Waals surface area (Å²) >= 11 is 0. The molecule has 1 nitrogen and oxygen atoms in total. The first-order valence-corrected chi connectivity index (χ1v) is 5.78. The summed E-state index contributed by atoms with van der Waals surface area (Å²) in [5, 5.41) is 3.68. The molecular formula is C13H17N. The Morgan fingerprint density at radius 3 is 2.64 bits per heavy atom. The predicted octanol–water partition coefficient (Wildman–Crippen LogP) is 3.21. The second-order valence-corrected chi connectivity index (χ2v) is 4.66. The van der Waals surface area contributed by atoms with Gasteiger partial charge in [-0.2, -0.15) is 0 Å². The van der Waals surface area contributed by atoms with Crippen LogP contribution >= 0.6 is 0 Å². The molecule has 0 radical (unpaired) electrons. The summed E-state index contributed by atoms with van der Waals surface area (Å²) in [7, 11) is 0. The summed E-state index contributed by atoms with van der Waals surface area (Å²) in [6, 6.07) is 9.48. The molecule has 1 fully saturated rings. The quantitative estimate of drug-likeness (QED) is 0.712. The molecule has 1 heterocycles. The van der Waals surface area contributed by atoms with Gasteiger partial charge in [-0.25, -0.2) is 0 Å². The molecule has 1 aliphatic carbocycles. The van der Waals surface area contributed by atoms with Gasteiger partial charge in [-0.1, -0.05) is 31.0 Å². The maximum atomic E-state index is 3.68. The third-order valence-corrected chi connectivity index (χ3v) is 3.77. The van der Waals surface area contributed by atoms with Gasteiger partial charge in [0.15, 0.2) is 0 Å². The highest BCUT2D eigenvalue weighted by Crippen LogP contribution is 2.35. The van der Waals surface area contributed by atoms with Gasteiger partial charge in [0.25, 0.3) is 0 Å². The van der Waals surface area contributed by atoms with Gasteiger partial charge in [-0.15, -0.1) is 0 Å². The number of benzene rings is 1. The fourth-order valence-electron chi connectivity index (χ4n) is 2.97. The monoisotopic (exact) mass is 187 g/mol. The van der Waals surface area contributed by atoms with Gasteiger partial charge < -0.3 is 5.32 Å². The molecule has 14 heavy (non-hydrogen) atoms. The van der Waals surface area contributed by atoms with E-state index in [1.807, 2.05) is 0 Å². The minimum Gasteiger partial charge on any atom is -0.381 e. The van der Waals surface area contributed by atoms with E-state index in [0.717, 1.165) is 12.0 Å². The van der Waals surface area contributed by atoms with Gasteiger partial charge in [-0.3, -0.25) is 0 Å². The molecule has 0 amide bonds. The number of nitrogens with one attached hydrogen (secondary N) is 1. The van der Waals surface area contributed by atoms with Crippen LogP contribution in [-0.4, -0.2) is 6.04 Å². The lowest BCUT2D eigenvalue weighted by Gasteiger charge is -2.18. The predicted molar refractivity (Wildman–Crippen MR) is 59.5 cm³/mol. The molecule has 1 heteroatoms. The minimum atomic E-state index is 0.731. The minimum absolute atomic E-state index is 0.731. The van der Waals surface area contributed by atoms with Crippen LogP contribution in [0, 0.1) is 5.92 Å². The Hall–Kier alpha value is -0.980. The van der Waals surface area contributed by atoms with Gasteiger partial charge in [0, 0.05) is 11.7 Å². The average molecular weight is 187 g/mol. The van der Waals surface area contributed by atoms with Crippen LogP contribution in [0.5, 0.6) is 0 Å². The van der Waals surface area contributed by atoms with Crippen LogP contribution in [-0.2, 0) is 6.42 Å². The summed E-state index contributed by atoms with van der Waals surface area (Å²) < 4.78 is 0. The molecule has 0 bridgehead atoms. The van der Waals surface area contributed by atoms with Gasteiger partial charge in [-0.05, 0) is 36.8 Å². The van der Waals surface area contributed by atoms with Crippen molar-refractivity contribution < 1.29 is 0 Å². The first-order chi connectivity index (χ1) is 6.93. The Bertz CT molecular complexity index is 301. The Kier molecular flexibility index (Phi) is 1.97. The van der Waals surface area contributed by atoms with E-state index >= 15 is 0 Å². The van der Waals surface area contributed by atoms with Crippen LogP contribution in [0.25, 0.3) is 0 Å². The molecule has 1 saturated carbocycles. The molecule has 1 N–H and O–H groups in total. The van der Waals surface area contributed by atoms with Crippen molar-refractivity contribution in [1.82, 2.24) is 0 Å². The number of anilines is 1. The van der Waals surface area contributed by atoms with Crippen molar-refractivity contribution in [1.29, 1.82) is 0 Å². The highest BCUT2D eigenvalue weighted by molar-refractivity contribution is 5.56. The SMILES string of the molecule is c1ccc2c(c1)C[C@H](C1CCCC1)N2. The summed E-state index contributed by atoms with van der Waals surface area (Å²) in [6.45, 7) is 0. The van der Waals surface area contributed by atoms with Crippen molar-refractivity contribution in [2.24, 2.45) is 5.92 Å². The normalized spacial score (nSPS) is 26.1. The number of hydrogen-bond donors (Lipinski definition) is 1. The lowest BCUT2D eigenvalue weighted by molar-refractivity contribution is 0.466. The smallest absolute Gasteiger partial charge is 0.0375 e. The van der Waals surface area contributed by atoms with Gasteiger partial charge in [0.2, 0.25) is 0 Å². The second-order valence-electron chi connectivity index (χ2n) is 4.66. The van der Waals surface area contributed by atoms with Crippen molar-refractivity contribution in [3.05, 3.63) is 29.8 Å². The molecule has 74 valence electrons. The molecule has 1 aromatic carbocycles. The van der Waals surface area contributed by atoms with Gasteiger partial charge in [0.05, 0.1) is 0 Å². The van der Waals surface area contributed by atoms with E-state index in [2.05, 4.69) is 29.6 Å². The van der Waals surface area contributed by atoms with E-state index in [4.69, 9.17) is 0 Å². The fraction of sp³-hybridized carbons (Fsp3) is 0.538. The van der Waals surface area contributed by atoms with E-state index in [1.54, 1.807) is 0 Å². The molecule has 2 aliphatic rings. The molecule has 3 rings (SSSR count). The van der Waals surface area contributed by atoms with Crippen LogP contribution in [0.1, 0.15) is 31.2 Å². The zero-order valence-corrected chi connectivity index (χ0v) is 8.50. The molecule has 1 aromatic rings. The van der Waals surface area contributed by atoms with E-state index < -0.39 is 0 Å². The standard InChI is InChI=1S/C13H17N/c1-2-6-10(5-1)13-9-11-7-3-4-8-12(11)14-13/h3-4,7-8,10,13-14H,1-2,5-6,9H2/t13-/m1/s1. The fourth-order valence-corrected chi connectivity index (χ4v) is 2.97. The van der Waals surface area contributed by atoms with Crippen LogP contribution in [0.2, 0.25) is 0 Å². The molecule has 0 spiro atoms. The van der Waals surface area contributed by atoms with E-state index in [9.17, 15) is 0 Å². The Morgan fingerprint density at radius 1 is 1.07 bits per heavy atom. The van der Waals surface area contributed by atoms with Crippen molar-refractivity contribution in [2.75, 3.05) is 5.32 Å². The third kappa shape index (κ3) is 1.31. The van der Waals surface area contributed by atoms with Crippen molar-refractivity contribution in [2.45, 2.75) is 38.1 Å². The number of fused-ring (bicyclic) bond motifs is 1. The van der Waals surface area contributed by atoms with Crippen LogP contribution in [0.4, 0.5) is 5.69 Å². The van der Waals surface area contributed by atoms with Crippen LogP contribution in [0.15, 0.2) is 24.3 Å². The molecule has 0 aromatic heterocycles. The third-order valence-electron chi connectivity index (χ3n) is 3.77. The lowest BCUT2D eigenvalue weighted by atomic mass is 9.95. The van der Waals surface area contributed by atoms with E-state index in [1.165, 1.54) is 43.4 Å². The van der Waals surface area contributed by atoms with Crippen molar-refractivity contribution in [3.8, 4) is 0 Å². The zero-order chi connectivity index (χ0) is 9.38. The number of para-hydroxylation sites is 1. The summed E-state index contributed by atoms with van der Waals surface area (Å²) in [6.07, 6.45) is 7.01. The van der Waals surface area contributed by atoms with E-state index in [-0.39, 0.29) is 0 Å². The highest BCUT2D eigenvalue weighted by atomic mass is 15.0. The summed E-state index contributed by atoms with van der Waals surface area (Å²) in [5.41, 5.74) is 2.90. The summed E-state index contributed by atoms with van der Waals surface area (Å²) in [5.74, 6) is 0.933. The lowest BCUT2D eigenvalue weighted by Crippen LogP contribution is -2.24. The average Bonchev–Trinajstić information content (AvgIpc) is 2.86. The molecule has 1 atom stereocenters. The largest absolute Gasteiger partial charge is 0.381 e. The highest BCUT2D eigenvalue weighted by Gasteiger charge is 2.29. The van der Waals surface area contributed by atoms with Crippen molar-refractivity contribution in [3.63, 3.8) is 0 Å². The Labute approximate surface area is 85.5 Å². The summed E-state index contributed by atoms with van der Waals surface area (Å²) in [4.78, 5) is 0. The Balaban J connectivity index is 1.77. The zero-order valence-electron chi connectivity index (χ0n) is 8.50. The maximum Gasteiger partial charge on any atom is 0.0375 e. The first kappa shape index (κ1) is 8.34. The Morgan fingerprint density at radius 2 is 1.86 bits per heavy atom. The van der Waals surface area contributed by atoms with Gasteiger partial charge >= 0.3 is 0 Å². The second kappa shape index (κ2) is 3.30. The number of hydrogen-bond acceptors (Lipinski definition) is 1. The molecule has 0 unspecified atom stereocenters. The molecule has 1 aliphatic heterocycles. The van der Waals surface area contributed by atoms with Crippen LogP contribution in [0.3, 0.4) is 0 Å².